The maximum absolute atomic E-state index is 11.7. The summed E-state index contributed by atoms with van der Waals surface area (Å²) in [5, 5.41) is 10.9. The van der Waals surface area contributed by atoms with Gasteiger partial charge in [0.05, 0.1) is 0 Å². The molecule has 6 rings (SSSR count). The zero-order valence-corrected chi connectivity index (χ0v) is 21.7. The quantitative estimate of drug-likeness (QED) is 0.359. The number of likely N-dealkylation sites (tertiary alicyclic amines) is 1. The van der Waals surface area contributed by atoms with Gasteiger partial charge in [0.25, 0.3) is 0 Å². The number of amides is 1. The highest BCUT2D eigenvalue weighted by molar-refractivity contribution is 5.73. The predicted molar refractivity (Wildman–Crippen MR) is 135 cm³/mol. The van der Waals surface area contributed by atoms with E-state index in [0.717, 1.165) is 37.8 Å². The Balaban J connectivity index is 0.000000237. The molecule has 1 spiro atoms. The predicted octanol–water partition coefficient (Wildman–Crippen LogP) is 3.58. The van der Waals surface area contributed by atoms with Gasteiger partial charge in [0.15, 0.2) is 17.6 Å². The lowest BCUT2D eigenvalue weighted by Gasteiger charge is -2.56. The molecule has 1 amide bonds. The second-order valence-electron chi connectivity index (χ2n) is 10.9. The maximum atomic E-state index is 11.7. The number of nitrogens with zero attached hydrogens (tertiary/aromatic N) is 1. The summed E-state index contributed by atoms with van der Waals surface area (Å²) in [4.78, 5) is 35.8. The molecule has 9 heteroatoms. The van der Waals surface area contributed by atoms with E-state index < -0.39 is 12.2 Å². The van der Waals surface area contributed by atoms with Crippen molar-refractivity contribution in [3.8, 4) is 11.5 Å². The number of carbonyl (C=O) groups is 3. The van der Waals surface area contributed by atoms with Crippen molar-refractivity contribution in [3.63, 3.8) is 0 Å². The van der Waals surface area contributed by atoms with Gasteiger partial charge in [-0.25, -0.2) is 4.79 Å². The van der Waals surface area contributed by atoms with Crippen LogP contribution < -0.4 is 14.8 Å². The van der Waals surface area contributed by atoms with Crippen LogP contribution in [-0.4, -0.2) is 65.9 Å². The summed E-state index contributed by atoms with van der Waals surface area (Å²) in [6, 6.07) is 4.50. The van der Waals surface area contributed by atoms with Crippen molar-refractivity contribution in [2.24, 2.45) is 5.92 Å². The second kappa shape index (κ2) is 10.0. The van der Waals surface area contributed by atoms with Crippen LogP contribution in [0.15, 0.2) is 24.3 Å². The van der Waals surface area contributed by atoms with Crippen molar-refractivity contribution in [2.75, 3.05) is 13.6 Å². The smallest absolute Gasteiger partial charge is 0.404 e. The summed E-state index contributed by atoms with van der Waals surface area (Å²) in [5.74, 6) is 0.712. The van der Waals surface area contributed by atoms with Crippen LogP contribution in [0.3, 0.4) is 0 Å². The average molecular weight is 513 g/mol. The summed E-state index contributed by atoms with van der Waals surface area (Å²) in [7, 11) is 2.17. The zero-order valence-electron chi connectivity index (χ0n) is 21.7. The molecule has 200 valence electrons. The lowest BCUT2D eigenvalue weighted by Crippen LogP contribution is -2.65. The number of piperidine rings is 1. The third-order valence-corrected chi connectivity index (χ3v) is 8.60. The minimum atomic E-state index is -0.882. The summed E-state index contributed by atoms with van der Waals surface area (Å²) < 4.78 is 17.5. The number of likely N-dealkylation sites (N-methyl/N-ethyl adjacent to an activating group) is 1. The molecule has 0 aromatic heterocycles. The molecule has 37 heavy (non-hydrogen) atoms. The molecule has 0 radical (unpaired) electrons. The van der Waals surface area contributed by atoms with Crippen LogP contribution in [-0.2, 0) is 26.2 Å². The van der Waals surface area contributed by atoms with Gasteiger partial charge >= 0.3 is 18.0 Å². The lowest BCUT2D eigenvalue weighted by atomic mass is 9.53. The number of nitrogens with one attached hydrogen (secondary N) is 1. The van der Waals surface area contributed by atoms with Gasteiger partial charge < -0.3 is 29.5 Å². The molecule has 1 aromatic carbocycles. The number of benzene rings is 1. The number of hydrogen-bond acceptors (Lipinski definition) is 7. The fourth-order valence-corrected chi connectivity index (χ4v) is 7.16. The zero-order chi connectivity index (χ0) is 26.3. The molecule has 2 heterocycles. The van der Waals surface area contributed by atoms with Gasteiger partial charge in [-0.2, -0.15) is 0 Å². The summed E-state index contributed by atoms with van der Waals surface area (Å²) >= 11 is 0. The Morgan fingerprint density at radius 3 is 2.54 bits per heavy atom. The minimum absolute atomic E-state index is 0.228. The Morgan fingerprint density at radius 2 is 1.86 bits per heavy atom. The third-order valence-electron chi connectivity index (χ3n) is 8.60. The first kappa shape index (κ1) is 25.6. The van der Waals surface area contributed by atoms with Gasteiger partial charge in [-0.1, -0.05) is 31.4 Å². The van der Waals surface area contributed by atoms with Gasteiger partial charge in [0, 0.05) is 42.8 Å². The molecule has 5 atom stereocenters. The topological polar surface area (TPSA) is 114 Å². The first-order valence-electron chi connectivity index (χ1n) is 13.3. The molecule has 5 aliphatic rings. The number of carboxylic acid groups (broad SMARTS) is 1. The molecule has 1 saturated carbocycles. The molecule has 1 saturated heterocycles. The molecule has 2 fully saturated rings. The number of hydrogen-bond donors (Lipinski definition) is 2. The fraction of sp³-hybridized carbons (Fsp3) is 0.607. The van der Waals surface area contributed by atoms with Crippen LogP contribution in [0.4, 0.5) is 4.79 Å². The van der Waals surface area contributed by atoms with Crippen LogP contribution in [0.1, 0.15) is 63.5 Å². The van der Waals surface area contributed by atoms with Crippen molar-refractivity contribution < 1.29 is 33.7 Å². The van der Waals surface area contributed by atoms with E-state index >= 15 is 0 Å². The van der Waals surface area contributed by atoms with E-state index in [0.29, 0.717) is 17.5 Å². The molecule has 9 nitrogen and oxygen atoms in total. The van der Waals surface area contributed by atoms with E-state index in [1.54, 1.807) is 0 Å². The Labute approximate surface area is 217 Å². The maximum Gasteiger partial charge on any atom is 0.404 e. The molecule has 1 aromatic rings. The molecular weight excluding hydrogens is 476 g/mol. The van der Waals surface area contributed by atoms with Crippen molar-refractivity contribution in [3.05, 3.63) is 35.4 Å². The van der Waals surface area contributed by atoms with Crippen molar-refractivity contribution in [1.82, 2.24) is 10.2 Å². The molecule has 2 N–H and O–H groups in total. The lowest BCUT2D eigenvalue weighted by molar-refractivity contribution is -0.152. The van der Waals surface area contributed by atoms with Crippen LogP contribution in [0, 0.1) is 5.92 Å². The van der Waals surface area contributed by atoms with Gasteiger partial charge in [-0.15, -0.1) is 0 Å². The highest BCUT2D eigenvalue weighted by atomic mass is 16.6. The summed E-state index contributed by atoms with van der Waals surface area (Å²) in [6.45, 7) is 3.77. The van der Waals surface area contributed by atoms with Crippen LogP contribution in [0.2, 0.25) is 0 Å². The summed E-state index contributed by atoms with van der Waals surface area (Å²) in [5.41, 5.74) is 2.15. The first-order chi connectivity index (χ1) is 17.7. The number of rotatable bonds is 3. The van der Waals surface area contributed by atoms with E-state index in [4.69, 9.17) is 19.3 Å². The van der Waals surface area contributed by atoms with Gasteiger partial charge in [0.2, 0.25) is 0 Å². The average Bonchev–Trinajstić information content (AvgIpc) is 3.19. The number of esters is 2. The summed E-state index contributed by atoms with van der Waals surface area (Å²) in [6.07, 6.45) is 10.1. The molecule has 2 aliphatic heterocycles. The molecule has 3 aliphatic carbocycles. The largest absolute Gasteiger partial charge is 0.481 e. The Morgan fingerprint density at radius 1 is 1.11 bits per heavy atom. The van der Waals surface area contributed by atoms with Gasteiger partial charge in [-0.05, 0) is 57.0 Å². The Bertz CT molecular complexity index is 1110. The van der Waals surface area contributed by atoms with Gasteiger partial charge in [0.1, 0.15) is 6.10 Å². The molecular formula is C28H36N2O7. The normalized spacial score (nSPS) is 31.2. The Kier molecular flexibility index (Phi) is 6.91. The van der Waals surface area contributed by atoms with E-state index in [9.17, 15) is 14.4 Å². The third kappa shape index (κ3) is 4.58. The monoisotopic (exact) mass is 512 g/mol. The highest BCUT2D eigenvalue weighted by Crippen LogP contribution is 2.62. The standard InChI is InChI=1S/C21H23NO5.C7H13NO2/c1-11(23)25-16-6-4-13-10-15-14-5-7-17(26-12(2)24)20-21(14,8-9-22(15)3)18(13)19(16)27-20;9-7(10)8-6-4-2-1-3-5-6/h4-7,14-15,17,20H,8-10H2,1-3H3;6,8H,1-5H2,(H,9,10)/t14-,15+,17-,20-,21-;/m0./s1. The van der Waals surface area contributed by atoms with Crippen LogP contribution in [0.5, 0.6) is 11.5 Å². The highest BCUT2D eigenvalue weighted by Gasteiger charge is 2.65. The van der Waals surface area contributed by atoms with Crippen molar-refractivity contribution >= 4 is 18.0 Å². The van der Waals surface area contributed by atoms with Gasteiger partial charge in [-0.3, -0.25) is 9.59 Å². The number of ether oxygens (including phenoxy) is 3. The molecule has 0 unspecified atom stereocenters. The van der Waals surface area contributed by atoms with E-state index in [2.05, 4.69) is 29.4 Å². The van der Waals surface area contributed by atoms with Crippen LogP contribution >= 0.6 is 0 Å². The fourth-order valence-electron chi connectivity index (χ4n) is 7.16. The van der Waals surface area contributed by atoms with E-state index in [1.807, 2.05) is 12.1 Å². The van der Waals surface area contributed by atoms with E-state index in [1.165, 1.54) is 38.7 Å². The SMILES string of the molecule is CC(=O)Oc1ccc2c3c1O[C@H]1[C@@H](OC(C)=O)C=C[C@H]4[C@@H](C2)N(C)CC[C@@]341.O=C(O)NC1CCCCC1. The van der Waals surface area contributed by atoms with Crippen molar-refractivity contribution in [1.29, 1.82) is 0 Å². The second-order valence-corrected chi connectivity index (χ2v) is 10.9. The first-order valence-corrected chi connectivity index (χ1v) is 13.3. The Hall–Kier alpha value is -3.07. The van der Waals surface area contributed by atoms with E-state index in [-0.39, 0.29) is 35.4 Å². The van der Waals surface area contributed by atoms with Crippen LogP contribution in [0.25, 0.3) is 0 Å². The van der Waals surface area contributed by atoms with Crippen molar-refractivity contribution in [2.45, 2.75) is 88.5 Å². The molecule has 2 bridgehead atoms. The number of carbonyl (C=O) groups excluding carboxylic acids is 2. The minimum Gasteiger partial charge on any atom is -0.481 e.